The van der Waals surface area contributed by atoms with Gasteiger partial charge in [0.2, 0.25) is 0 Å². The van der Waals surface area contributed by atoms with Crippen LogP contribution in [0.25, 0.3) is 0 Å². The molecule has 0 amide bonds. The summed E-state index contributed by atoms with van der Waals surface area (Å²) < 4.78 is 0. The largest absolute Gasteiger partial charge is 0.358 e. The van der Waals surface area contributed by atoms with Gasteiger partial charge in [-0.3, -0.25) is 5.43 Å². The van der Waals surface area contributed by atoms with Crippen LogP contribution in [0.15, 0.2) is 42.0 Å². The molecule has 102 valence electrons. The number of nitrogens with zero attached hydrogens (tertiary/aromatic N) is 1. The first-order valence-corrected chi connectivity index (χ1v) is 6.62. The zero-order chi connectivity index (χ0) is 14.3. The molecule has 2 N–H and O–H groups in total. The van der Waals surface area contributed by atoms with Gasteiger partial charge < -0.3 is 5.32 Å². The molecule has 19 heavy (non-hydrogen) atoms. The highest BCUT2D eigenvalue weighted by Crippen LogP contribution is 2.21. The van der Waals surface area contributed by atoms with Crippen molar-refractivity contribution in [3.63, 3.8) is 0 Å². The van der Waals surface area contributed by atoms with Crippen LogP contribution >= 0.6 is 12.2 Å². The van der Waals surface area contributed by atoms with Crippen molar-refractivity contribution in [3.05, 3.63) is 48.0 Å². The number of nitrogens with one attached hydrogen (secondary N) is 2. The van der Waals surface area contributed by atoms with E-state index in [1.807, 2.05) is 12.1 Å². The molecule has 0 radical (unpaired) electrons. The molecule has 0 heterocycles. The minimum absolute atomic E-state index is 0.171. The summed E-state index contributed by atoms with van der Waals surface area (Å²) in [6.07, 6.45) is 3.48. The predicted molar refractivity (Wildman–Crippen MR) is 86.7 cm³/mol. The molecule has 0 spiro atoms. The maximum Gasteiger partial charge on any atom is 0.187 e. The number of thiocarbonyl (C=S) groups is 1. The Bertz CT molecular complexity index is 455. The summed E-state index contributed by atoms with van der Waals surface area (Å²) in [5.41, 5.74) is 5.26. The highest BCUT2D eigenvalue weighted by molar-refractivity contribution is 7.80. The molecule has 1 aromatic rings. The summed E-state index contributed by atoms with van der Waals surface area (Å²) in [6, 6.07) is 8.34. The summed E-state index contributed by atoms with van der Waals surface area (Å²) in [5, 5.41) is 7.50. The van der Waals surface area contributed by atoms with E-state index >= 15 is 0 Å². The Morgan fingerprint density at radius 3 is 2.47 bits per heavy atom. The summed E-state index contributed by atoms with van der Waals surface area (Å²) in [6.45, 7) is 10.8. The van der Waals surface area contributed by atoms with Crippen molar-refractivity contribution >= 4 is 23.5 Å². The van der Waals surface area contributed by atoms with Gasteiger partial charge in [-0.15, -0.1) is 6.58 Å². The van der Waals surface area contributed by atoms with E-state index in [1.54, 1.807) is 12.3 Å². The molecule has 1 rings (SSSR count). The fourth-order valence-corrected chi connectivity index (χ4v) is 1.58. The van der Waals surface area contributed by atoms with Gasteiger partial charge >= 0.3 is 0 Å². The standard InChI is InChI=1S/C15H21N3S/c1-5-10-16-14(19)18-17-11-12-6-8-13(9-7-12)15(2,3)4/h5-9,11H,1,10H2,2-4H3,(H2,16,18,19)/b17-11-. The lowest BCUT2D eigenvalue weighted by atomic mass is 9.87. The molecule has 0 aliphatic heterocycles. The van der Waals surface area contributed by atoms with Gasteiger partial charge in [-0.05, 0) is 28.8 Å². The van der Waals surface area contributed by atoms with Gasteiger partial charge in [0.15, 0.2) is 5.11 Å². The monoisotopic (exact) mass is 275 g/mol. The van der Waals surface area contributed by atoms with E-state index in [-0.39, 0.29) is 5.41 Å². The number of rotatable bonds is 4. The van der Waals surface area contributed by atoms with Gasteiger partial charge in [0.1, 0.15) is 0 Å². The minimum Gasteiger partial charge on any atom is -0.358 e. The van der Waals surface area contributed by atoms with Crippen molar-refractivity contribution in [2.24, 2.45) is 5.10 Å². The maximum absolute atomic E-state index is 5.02. The molecule has 0 aromatic heterocycles. The Kier molecular flexibility index (Phi) is 5.70. The Hall–Kier alpha value is -1.68. The van der Waals surface area contributed by atoms with E-state index in [0.717, 1.165) is 5.56 Å². The molecule has 0 aliphatic rings. The van der Waals surface area contributed by atoms with Crippen molar-refractivity contribution in [3.8, 4) is 0 Å². The van der Waals surface area contributed by atoms with E-state index in [4.69, 9.17) is 12.2 Å². The number of benzene rings is 1. The van der Waals surface area contributed by atoms with Gasteiger partial charge in [0.05, 0.1) is 6.21 Å². The van der Waals surface area contributed by atoms with Crippen LogP contribution in [0.4, 0.5) is 0 Å². The average Bonchev–Trinajstić information content (AvgIpc) is 2.36. The fraction of sp³-hybridized carbons (Fsp3) is 0.333. The smallest absolute Gasteiger partial charge is 0.187 e. The fourth-order valence-electron chi connectivity index (χ4n) is 1.44. The zero-order valence-corrected chi connectivity index (χ0v) is 12.6. The zero-order valence-electron chi connectivity index (χ0n) is 11.7. The molecule has 0 saturated carbocycles. The van der Waals surface area contributed by atoms with Crippen molar-refractivity contribution in [1.29, 1.82) is 0 Å². The summed E-state index contributed by atoms with van der Waals surface area (Å²) in [5.74, 6) is 0. The first-order chi connectivity index (χ1) is 8.93. The molecule has 0 aliphatic carbocycles. The van der Waals surface area contributed by atoms with Crippen LogP contribution in [0.1, 0.15) is 31.9 Å². The van der Waals surface area contributed by atoms with E-state index in [9.17, 15) is 0 Å². The second-order valence-corrected chi connectivity index (χ2v) is 5.65. The van der Waals surface area contributed by atoms with Crippen molar-refractivity contribution < 1.29 is 0 Å². The minimum atomic E-state index is 0.171. The molecule has 1 aromatic carbocycles. The lowest BCUT2D eigenvalue weighted by Crippen LogP contribution is -2.31. The molecule has 4 heteroatoms. The number of hydrogen-bond donors (Lipinski definition) is 2. The highest BCUT2D eigenvalue weighted by atomic mass is 32.1. The van der Waals surface area contributed by atoms with Crippen molar-refractivity contribution in [1.82, 2.24) is 10.7 Å². The Balaban J connectivity index is 2.54. The van der Waals surface area contributed by atoms with E-state index in [0.29, 0.717) is 11.7 Å². The topological polar surface area (TPSA) is 36.4 Å². The quantitative estimate of drug-likeness (QED) is 0.384. The van der Waals surface area contributed by atoms with E-state index < -0.39 is 0 Å². The normalized spacial score (nSPS) is 11.3. The molecular formula is C15H21N3S. The summed E-state index contributed by atoms with van der Waals surface area (Å²) in [4.78, 5) is 0. The SMILES string of the molecule is C=CCNC(=S)N/N=C\c1ccc(C(C)(C)C)cc1. The van der Waals surface area contributed by atoms with Gasteiger partial charge in [-0.2, -0.15) is 5.10 Å². The van der Waals surface area contributed by atoms with Crippen LogP contribution in [0.3, 0.4) is 0 Å². The number of hydrogen-bond acceptors (Lipinski definition) is 2. The highest BCUT2D eigenvalue weighted by Gasteiger charge is 2.12. The predicted octanol–water partition coefficient (Wildman–Crippen LogP) is 2.97. The van der Waals surface area contributed by atoms with Crippen LogP contribution in [0.5, 0.6) is 0 Å². The molecule has 0 bridgehead atoms. The molecule has 0 unspecified atom stereocenters. The summed E-state index contributed by atoms with van der Waals surface area (Å²) >= 11 is 5.02. The van der Waals surface area contributed by atoms with Crippen LogP contribution in [-0.4, -0.2) is 17.9 Å². The molecule has 3 nitrogen and oxygen atoms in total. The summed E-state index contributed by atoms with van der Waals surface area (Å²) in [7, 11) is 0. The van der Waals surface area contributed by atoms with Crippen LogP contribution in [-0.2, 0) is 5.41 Å². The third-order valence-corrected chi connectivity index (χ3v) is 2.80. The number of hydrazone groups is 1. The molecule has 0 atom stereocenters. The van der Waals surface area contributed by atoms with E-state index in [2.05, 4.69) is 55.3 Å². The van der Waals surface area contributed by atoms with Gasteiger partial charge in [0, 0.05) is 6.54 Å². The second-order valence-electron chi connectivity index (χ2n) is 5.24. The Labute approximate surface area is 120 Å². The lowest BCUT2D eigenvalue weighted by molar-refractivity contribution is 0.590. The van der Waals surface area contributed by atoms with Gasteiger partial charge in [-0.1, -0.05) is 51.1 Å². The molecular weight excluding hydrogens is 254 g/mol. The van der Waals surface area contributed by atoms with Gasteiger partial charge in [-0.25, -0.2) is 0 Å². The van der Waals surface area contributed by atoms with Gasteiger partial charge in [0.25, 0.3) is 0 Å². The maximum atomic E-state index is 5.02. The van der Waals surface area contributed by atoms with Crippen molar-refractivity contribution in [2.45, 2.75) is 26.2 Å². The van der Waals surface area contributed by atoms with Crippen LogP contribution in [0, 0.1) is 0 Å². The molecule has 0 fully saturated rings. The van der Waals surface area contributed by atoms with Crippen LogP contribution in [0.2, 0.25) is 0 Å². The second kappa shape index (κ2) is 7.04. The Morgan fingerprint density at radius 1 is 1.32 bits per heavy atom. The first kappa shape index (κ1) is 15.4. The first-order valence-electron chi connectivity index (χ1n) is 6.22. The Morgan fingerprint density at radius 2 is 1.95 bits per heavy atom. The van der Waals surface area contributed by atoms with Crippen LogP contribution < -0.4 is 10.7 Å². The average molecular weight is 275 g/mol. The molecule has 0 saturated heterocycles. The lowest BCUT2D eigenvalue weighted by Gasteiger charge is -2.18. The third kappa shape index (κ3) is 5.66. The van der Waals surface area contributed by atoms with E-state index in [1.165, 1.54) is 5.56 Å². The van der Waals surface area contributed by atoms with Crippen molar-refractivity contribution in [2.75, 3.05) is 6.54 Å². The third-order valence-electron chi connectivity index (χ3n) is 2.56.